The Morgan fingerprint density at radius 2 is 2.33 bits per heavy atom. The molecule has 2 aromatic heterocycles. The fourth-order valence-corrected chi connectivity index (χ4v) is 1.49. The van der Waals surface area contributed by atoms with E-state index in [1.165, 1.54) is 10.6 Å². The van der Waals surface area contributed by atoms with Gasteiger partial charge in [-0.15, -0.1) is 0 Å². The van der Waals surface area contributed by atoms with E-state index in [0.717, 1.165) is 0 Å². The van der Waals surface area contributed by atoms with Gasteiger partial charge in [0.1, 0.15) is 10.7 Å². The largest absolute Gasteiger partial charge is 0.767 e. The standard InChI is InChI=1S/C7H6N2O2S/c10-12(11)7-5-8-6-3-1-2-4-9(6)7/h1-5H,(H,10,11)/p-1. The molecule has 0 aliphatic heterocycles. The highest BCUT2D eigenvalue weighted by molar-refractivity contribution is 7.79. The van der Waals surface area contributed by atoms with E-state index in [4.69, 9.17) is 0 Å². The van der Waals surface area contributed by atoms with Gasteiger partial charge >= 0.3 is 0 Å². The topological polar surface area (TPSA) is 57.4 Å². The van der Waals surface area contributed by atoms with Crippen molar-refractivity contribution in [1.82, 2.24) is 9.38 Å². The van der Waals surface area contributed by atoms with Crippen molar-refractivity contribution in [2.75, 3.05) is 0 Å². The first-order chi connectivity index (χ1) is 5.79. The molecule has 2 rings (SSSR count). The molecule has 0 saturated carbocycles. The molecule has 0 fully saturated rings. The van der Waals surface area contributed by atoms with Gasteiger partial charge in [-0.3, -0.25) is 8.61 Å². The zero-order valence-corrected chi connectivity index (χ0v) is 6.82. The molecule has 4 nitrogen and oxygen atoms in total. The van der Waals surface area contributed by atoms with Gasteiger partial charge in [0, 0.05) is 6.20 Å². The molecule has 0 aliphatic carbocycles. The summed E-state index contributed by atoms with van der Waals surface area (Å²) < 4.78 is 22.7. The molecule has 2 heterocycles. The van der Waals surface area contributed by atoms with Crippen LogP contribution in [0, 0.1) is 0 Å². The van der Waals surface area contributed by atoms with Crippen LogP contribution in [0.15, 0.2) is 35.6 Å². The van der Waals surface area contributed by atoms with Crippen molar-refractivity contribution < 1.29 is 8.76 Å². The fraction of sp³-hybridized carbons (Fsp3) is 0. The van der Waals surface area contributed by atoms with E-state index in [-0.39, 0.29) is 5.03 Å². The van der Waals surface area contributed by atoms with Crippen molar-refractivity contribution in [3.8, 4) is 0 Å². The average Bonchev–Trinajstić information content (AvgIpc) is 2.47. The number of imidazole rings is 1. The fourth-order valence-electron chi connectivity index (χ4n) is 1.03. The smallest absolute Gasteiger partial charge is 0.137 e. The third-order valence-electron chi connectivity index (χ3n) is 1.55. The van der Waals surface area contributed by atoms with Crippen molar-refractivity contribution in [3.63, 3.8) is 0 Å². The number of pyridine rings is 1. The summed E-state index contributed by atoms with van der Waals surface area (Å²) in [5, 5.41) is 0.186. The number of hydrogen-bond acceptors (Lipinski definition) is 3. The quantitative estimate of drug-likeness (QED) is 0.604. The second kappa shape index (κ2) is 2.69. The first-order valence-electron chi connectivity index (χ1n) is 3.30. The molecule has 0 saturated heterocycles. The van der Waals surface area contributed by atoms with Crippen LogP contribution in [0.3, 0.4) is 0 Å². The highest BCUT2D eigenvalue weighted by atomic mass is 32.2. The van der Waals surface area contributed by atoms with Crippen LogP contribution in [0.4, 0.5) is 0 Å². The number of fused-ring (bicyclic) bond motifs is 1. The molecule has 1 unspecified atom stereocenters. The van der Waals surface area contributed by atoms with Crippen molar-refractivity contribution in [3.05, 3.63) is 30.6 Å². The van der Waals surface area contributed by atoms with Crippen LogP contribution in [0.25, 0.3) is 5.65 Å². The first kappa shape index (κ1) is 7.45. The van der Waals surface area contributed by atoms with E-state index in [1.807, 2.05) is 0 Å². The SMILES string of the molecule is O=S([O-])c1cnc2ccccn12. The molecule has 5 heteroatoms. The van der Waals surface area contributed by atoms with Gasteiger partial charge in [-0.2, -0.15) is 0 Å². The van der Waals surface area contributed by atoms with Gasteiger partial charge in [0.2, 0.25) is 0 Å². The van der Waals surface area contributed by atoms with E-state index < -0.39 is 11.1 Å². The molecular weight excluding hydrogens is 176 g/mol. The summed E-state index contributed by atoms with van der Waals surface area (Å²) in [5.41, 5.74) is 0.636. The van der Waals surface area contributed by atoms with Gasteiger partial charge in [0.25, 0.3) is 0 Å². The minimum Gasteiger partial charge on any atom is -0.767 e. The maximum Gasteiger partial charge on any atom is 0.137 e. The second-order valence-electron chi connectivity index (χ2n) is 2.26. The van der Waals surface area contributed by atoms with Crippen molar-refractivity contribution in [1.29, 1.82) is 0 Å². The third-order valence-corrected chi connectivity index (χ3v) is 2.20. The number of nitrogens with zero attached hydrogens (tertiary/aromatic N) is 2. The van der Waals surface area contributed by atoms with Crippen LogP contribution in [-0.4, -0.2) is 18.1 Å². The Morgan fingerprint density at radius 1 is 1.50 bits per heavy atom. The van der Waals surface area contributed by atoms with Crippen LogP contribution >= 0.6 is 0 Å². The predicted molar refractivity (Wildman–Crippen MR) is 42.4 cm³/mol. The zero-order chi connectivity index (χ0) is 8.55. The molecule has 1 atom stereocenters. The van der Waals surface area contributed by atoms with E-state index in [0.29, 0.717) is 5.65 Å². The van der Waals surface area contributed by atoms with E-state index in [2.05, 4.69) is 4.98 Å². The van der Waals surface area contributed by atoms with E-state index in [9.17, 15) is 8.76 Å². The molecule has 0 spiro atoms. The maximum absolute atomic E-state index is 10.6. The lowest BCUT2D eigenvalue weighted by atomic mass is 10.5. The monoisotopic (exact) mass is 181 g/mol. The minimum atomic E-state index is -2.22. The highest BCUT2D eigenvalue weighted by Crippen LogP contribution is 2.07. The number of hydrogen-bond donors (Lipinski definition) is 0. The summed E-state index contributed by atoms with van der Waals surface area (Å²) in [6, 6.07) is 5.31. The zero-order valence-electron chi connectivity index (χ0n) is 6.01. The molecule has 0 aliphatic rings. The summed E-state index contributed by atoms with van der Waals surface area (Å²) in [5.74, 6) is 0. The highest BCUT2D eigenvalue weighted by Gasteiger charge is 2.00. The summed E-state index contributed by atoms with van der Waals surface area (Å²) >= 11 is -2.22. The van der Waals surface area contributed by atoms with Crippen LogP contribution in [-0.2, 0) is 11.1 Å². The molecule has 2 aromatic rings. The van der Waals surface area contributed by atoms with Crippen LogP contribution in [0.2, 0.25) is 0 Å². The van der Waals surface area contributed by atoms with Gasteiger partial charge < -0.3 is 4.55 Å². The maximum atomic E-state index is 10.6. The van der Waals surface area contributed by atoms with Gasteiger partial charge in [0.05, 0.1) is 6.20 Å². The molecule has 0 amide bonds. The van der Waals surface area contributed by atoms with Crippen molar-refractivity contribution >= 4 is 16.7 Å². The molecule has 12 heavy (non-hydrogen) atoms. The van der Waals surface area contributed by atoms with E-state index >= 15 is 0 Å². The number of aromatic nitrogens is 2. The van der Waals surface area contributed by atoms with Crippen molar-refractivity contribution in [2.24, 2.45) is 0 Å². The summed E-state index contributed by atoms with van der Waals surface area (Å²) in [6.07, 6.45) is 2.99. The lowest BCUT2D eigenvalue weighted by molar-refractivity contribution is 0.532. The first-order valence-corrected chi connectivity index (χ1v) is 4.38. The van der Waals surface area contributed by atoms with Crippen LogP contribution in [0.1, 0.15) is 0 Å². The Morgan fingerprint density at radius 3 is 3.08 bits per heavy atom. The van der Waals surface area contributed by atoms with Crippen LogP contribution < -0.4 is 0 Å². The minimum absolute atomic E-state index is 0.186. The van der Waals surface area contributed by atoms with Gasteiger partial charge in [0.15, 0.2) is 0 Å². The predicted octanol–water partition coefficient (Wildman–Crippen LogP) is 0.572. The number of rotatable bonds is 1. The van der Waals surface area contributed by atoms with Crippen molar-refractivity contribution in [2.45, 2.75) is 5.03 Å². The van der Waals surface area contributed by atoms with Crippen LogP contribution in [0.5, 0.6) is 0 Å². The average molecular weight is 181 g/mol. The Hall–Kier alpha value is -1.20. The Balaban J connectivity index is 2.79. The summed E-state index contributed by atoms with van der Waals surface area (Å²) in [7, 11) is 0. The van der Waals surface area contributed by atoms with Gasteiger partial charge in [-0.25, -0.2) is 4.98 Å². The summed E-state index contributed by atoms with van der Waals surface area (Å²) in [6.45, 7) is 0. The Kier molecular flexibility index (Phi) is 1.67. The van der Waals surface area contributed by atoms with Gasteiger partial charge in [-0.1, -0.05) is 6.07 Å². The molecule has 0 aromatic carbocycles. The summed E-state index contributed by atoms with van der Waals surface area (Å²) in [4.78, 5) is 3.91. The molecular formula is C7H5N2O2S-. The van der Waals surface area contributed by atoms with E-state index in [1.54, 1.807) is 24.4 Å². The molecule has 62 valence electrons. The normalized spacial score (nSPS) is 13.4. The molecule has 0 N–H and O–H groups in total. The van der Waals surface area contributed by atoms with Gasteiger partial charge in [-0.05, 0) is 23.2 Å². The third kappa shape index (κ3) is 1.03. The lowest BCUT2D eigenvalue weighted by Gasteiger charge is -2.02. The molecule has 0 bridgehead atoms. The Labute approximate surface area is 71.1 Å². The molecule has 0 radical (unpaired) electrons. The Bertz CT molecular complexity index is 438. The second-order valence-corrected chi connectivity index (χ2v) is 3.15. The lowest BCUT2D eigenvalue weighted by Crippen LogP contribution is -1.94.